The molecule has 1 aromatic heterocycles. The van der Waals surface area contributed by atoms with Crippen molar-refractivity contribution >= 4 is 5.69 Å². The molecule has 0 aliphatic carbocycles. The minimum absolute atomic E-state index is 0.200. The number of hydrogen-bond donors (Lipinski definition) is 1. The zero-order valence-corrected chi connectivity index (χ0v) is 9.88. The third-order valence-electron chi connectivity index (χ3n) is 2.50. The van der Waals surface area contributed by atoms with Crippen molar-refractivity contribution in [3.8, 4) is 0 Å². The fraction of sp³-hybridized carbons (Fsp3) is 0.273. The maximum Gasteiger partial charge on any atom is 0.305 e. The summed E-state index contributed by atoms with van der Waals surface area (Å²) in [6, 6.07) is 4.10. The molecule has 1 heterocycles. The molecular formula is C11H11FN4O3. The Kier molecular flexibility index (Phi) is 4.14. The highest BCUT2D eigenvalue weighted by molar-refractivity contribution is 5.36. The Morgan fingerprint density at radius 1 is 1.47 bits per heavy atom. The highest BCUT2D eigenvalue weighted by atomic mass is 19.1. The van der Waals surface area contributed by atoms with Crippen molar-refractivity contribution in [1.29, 1.82) is 0 Å². The van der Waals surface area contributed by atoms with E-state index in [0.717, 1.165) is 6.07 Å². The van der Waals surface area contributed by atoms with Gasteiger partial charge >= 0.3 is 5.69 Å². The quantitative estimate of drug-likeness (QED) is 0.483. The minimum Gasteiger partial charge on any atom is -0.343 e. The molecule has 1 N–H and O–H groups in total. The van der Waals surface area contributed by atoms with Crippen LogP contribution in [0.2, 0.25) is 0 Å². The van der Waals surface area contributed by atoms with Crippen molar-refractivity contribution in [1.82, 2.24) is 15.5 Å². The minimum atomic E-state index is -0.806. The Bertz CT molecular complexity index is 559. The SMILES string of the molecule is O=[N+]([O-])c1cccc(CNCCc2ncon2)c1F. The maximum atomic E-state index is 13.7. The van der Waals surface area contributed by atoms with Crippen molar-refractivity contribution in [2.75, 3.05) is 6.54 Å². The normalized spacial score (nSPS) is 10.6. The van der Waals surface area contributed by atoms with E-state index < -0.39 is 16.4 Å². The van der Waals surface area contributed by atoms with E-state index in [2.05, 4.69) is 20.0 Å². The smallest absolute Gasteiger partial charge is 0.305 e. The van der Waals surface area contributed by atoms with Gasteiger partial charge in [-0.3, -0.25) is 10.1 Å². The molecule has 0 spiro atoms. The molecule has 0 bridgehead atoms. The number of aromatic nitrogens is 2. The van der Waals surface area contributed by atoms with Gasteiger partial charge < -0.3 is 9.84 Å². The molecular weight excluding hydrogens is 255 g/mol. The molecule has 0 aliphatic rings. The summed E-state index contributed by atoms with van der Waals surface area (Å²) in [5.74, 6) is -0.258. The summed E-state index contributed by atoms with van der Waals surface area (Å²) >= 11 is 0. The topological polar surface area (TPSA) is 94.1 Å². The molecule has 0 amide bonds. The Labute approximate surface area is 107 Å². The van der Waals surface area contributed by atoms with Gasteiger partial charge in [0.25, 0.3) is 0 Å². The van der Waals surface area contributed by atoms with Crippen LogP contribution < -0.4 is 5.32 Å². The van der Waals surface area contributed by atoms with Crippen LogP contribution in [0.25, 0.3) is 0 Å². The Morgan fingerprint density at radius 3 is 3.00 bits per heavy atom. The molecule has 8 heteroatoms. The fourth-order valence-electron chi connectivity index (χ4n) is 1.57. The monoisotopic (exact) mass is 266 g/mol. The van der Waals surface area contributed by atoms with E-state index >= 15 is 0 Å². The van der Waals surface area contributed by atoms with Crippen molar-refractivity contribution in [3.05, 3.63) is 51.9 Å². The summed E-state index contributed by atoms with van der Waals surface area (Å²) in [5.41, 5.74) is -0.264. The number of hydrogen-bond acceptors (Lipinski definition) is 6. The van der Waals surface area contributed by atoms with Gasteiger partial charge in [0, 0.05) is 31.1 Å². The largest absolute Gasteiger partial charge is 0.343 e. The first-order valence-corrected chi connectivity index (χ1v) is 5.56. The van der Waals surface area contributed by atoms with E-state index in [1.54, 1.807) is 0 Å². The number of nitro benzene ring substituents is 1. The summed E-state index contributed by atoms with van der Waals surface area (Å²) in [4.78, 5) is 13.7. The van der Waals surface area contributed by atoms with E-state index in [1.807, 2.05) is 0 Å². The van der Waals surface area contributed by atoms with E-state index in [0.29, 0.717) is 18.8 Å². The van der Waals surface area contributed by atoms with Gasteiger partial charge in [-0.15, -0.1) is 0 Å². The summed E-state index contributed by atoms with van der Waals surface area (Å²) < 4.78 is 18.3. The van der Waals surface area contributed by atoms with Gasteiger partial charge in [-0.05, 0) is 0 Å². The molecule has 19 heavy (non-hydrogen) atoms. The maximum absolute atomic E-state index is 13.7. The second kappa shape index (κ2) is 6.01. The van der Waals surface area contributed by atoms with Gasteiger partial charge in [0.2, 0.25) is 12.2 Å². The first kappa shape index (κ1) is 13.1. The van der Waals surface area contributed by atoms with Crippen LogP contribution in [0.3, 0.4) is 0 Å². The van der Waals surface area contributed by atoms with Crippen LogP contribution in [0.5, 0.6) is 0 Å². The number of rotatable bonds is 6. The van der Waals surface area contributed by atoms with Gasteiger partial charge in [0.05, 0.1) is 4.92 Å². The van der Waals surface area contributed by atoms with Gasteiger partial charge in [-0.25, -0.2) is 0 Å². The summed E-state index contributed by atoms with van der Waals surface area (Å²) in [6.45, 7) is 0.715. The summed E-state index contributed by atoms with van der Waals surface area (Å²) in [7, 11) is 0. The molecule has 2 aromatic rings. The van der Waals surface area contributed by atoms with Crippen LogP contribution in [0.15, 0.2) is 29.1 Å². The van der Waals surface area contributed by atoms with Gasteiger partial charge in [-0.2, -0.15) is 9.37 Å². The lowest BCUT2D eigenvalue weighted by atomic mass is 10.2. The van der Waals surface area contributed by atoms with E-state index in [1.165, 1.54) is 18.5 Å². The molecule has 0 aliphatic heterocycles. The second-order valence-corrected chi connectivity index (χ2v) is 3.78. The molecule has 7 nitrogen and oxygen atoms in total. The molecule has 0 atom stereocenters. The first-order chi connectivity index (χ1) is 9.18. The molecule has 0 fully saturated rings. The lowest BCUT2D eigenvalue weighted by Gasteiger charge is -2.04. The number of nitrogens with zero attached hydrogens (tertiary/aromatic N) is 3. The van der Waals surface area contributed by atoms with Crippen LogP contribution in [-0.4, -0.2) is 21.6 Å². The van der Waals surface area contributed by atoms with E-state index in [4.69, 9.17) is 0 Å². The van der Waals surface area contributed by atoms with E-state index in [9.17, 15) is 14.5 Å². The zero-order valence-electron chi connectivity index (χ0n) is 9.88. The molecule has 0 saturated carbocycles. The predicted octanol–water partition coefficient (Wildman–Crippen LogP) is 1.45. The molecule has 0 radical (unpaired) electrons. The van der Waals surface area contributed by atoms with Crippen LogP contribution >= 0.6 is 0 Å². The standard InChI is InChI=1S/C11H11FN4O3/c12-11-8(2-1-3-9(11)16(17)18)6-13-5-4-10-14-7-19-15-10/h1-3,7,13H,4-6H2. The highest BCUT2D eigenvalue weighted by Crippen LogP contribution is 2.19. The van der Waals surface area contributed by atoms with Crippen molar-refractivity contribution < 1.29 is 13.8 Å². The average molecular weight is 266 g/mol. The third kappa shape index (κ3) is 3.32. The number of nitro groups is 1. The Hall–Kier alpha value is -2.35. The molecule has 0 saturated heterocycles. The van der Waals surface area contributed by atoms with Crippen LogP contribution in [-0.2, 0) is 13.0 Å². The molecule has 100 valence electrons. The van der Waals surface area contributed by atoms with Crippen LogP contribution in [0.1, 0.15) is 11.4 Å². The van der Waals surface area contributed by atoms with Crippen molar-refractivity contribution in [2.24, 2.45) is 0 Å². The van der Waals surface area contributed by atoms with Gasteiger partial charge in [-0.1, -0.05) is 17.3 Å². The van der Waals surface area contributed by atoms with Crippen molar-refractivity contribution in [2.45, 2.75) is 13.0 Å². The fourth-order valence-corrected chi connectivity index (χ4v) is 1.57. The predicted molar refractivity (Wildman–Crippen MR) is 62.8 cm³/mol. The summed E-state index contributed by atoms with van der Waals surface area (Å²) in [5, 5.41) is 17.2. The highest BCUT2D eigenvalue weighted by Gasteiger charge is 2.16. The van der Waals surface area contributed by atoms with Gasteiger partial charge in [0.15, 0.2) is 5.82 Å². The first-order valence-electron chi connectivity index (χ1n) is 5.56. The Morgan fingerprint density at radius 2 is 2.32 bits per heavy atom. The van der Waals surface area contributed by atoms with Crippen LogP contribution in [0, 0.1) is 15.9 Å². The number of halogens is 1. The summed E-state index contributed by atoms with van der Waals surface area (Å²) in [6.07, 6.45) is 1.77. The second-order valence-electron chi connectivity index (χ2n) is 3.78. The Balaban J connectivity index is 1.89. The van der Waals surface area contributed by atoms with Crippen molar-refractivity contribution in [3.63, 3.8) is 0 Å². The average Bonchev–Trinajstić information content (AvgIpc) is 2.89. The van der Waals surface area contributed by atoms with Crippen LogP contribution in [0.4, 0.5) is 10.1 Å². The molecule has 0 unspecified atom stereocenters. The lowest BCUT2D eigenvalue weighted by molar-refractivity contribution is -0.387. The third-order valence-corrected chi connectivity index (χ3v) is 2.50. The van der Waals surface area contributed by atoms with E-state index in [-0.39, 0.29) is 12.1 Å². The number of nitrogens with one attached hydrogen (secondary N) is 1. The zero-order chi connectivity index (χ0) is 13.7. The molecule has 1 aromatic carbocycles. The number of benzene rings is 1. The van der Waals surface area contributed by atoms with Gasteiger partial charge in [0.1, 0.15) is 0 Å². The lowest BCUT2D eigenvalue weighted by Crippen LogP contribution is -2.18. The molecule has 2 rings (SSSR count).